The minimum Gasteiger partial charge on any atom is -0.490 e. The standard InChI is InChI=1S/C13H16BF4O/c15-12-7-6-11(14(16,17)18)8-13(12)19-9-10-4-2-1-3-5-10/h6-8,10H,1-5,9H2/q-1. The van der Waals surface area contributed by atoms with Crippen LogP contribution in [-0.2, 0) is 0 Å². The van der Waals surface area contributed by atoms with E-state index in [1.165, 1.54) is 6.42 Å². The summed E-state index contributed by atoms with van der Waals surface area (Å²) in [7, 11) is 0. The first-order valence-corrected chi connectivity index (χ1v) is 6.59. The minimum atomic E-state index is -5.12. The maximum absolute atomic E-state index is 13.4. The Morgan fingerprint density at radius 2 is 1.79 bits per heavy atom. The zero-order valence-electron chi connectivity index (χ0n) is 10.5. The van der Waals surface area contributed by atoms with Crippen molar-refractivity contribution in [1.82, 2.24) is 0 Å². The fourth-order valence-electron chi connectivity index (χ4n) is 2.40. The van der Waals surface area contributed by atoms with Gasteiger partial charge in [0, 0.05) is 0 Å². The molecule has 1 aliphatic rings. The number of hydrogen-bond donors (Lipinski definition) is 0. The highest BCUT2D eigenvalue weighted by atomic mass is 19.4. The summed E-state index contributed by atoms with van der Waals surface area (Å²) >= 11 is 0. The minimum absolute atomic E-state index is 0.290. The molecule has 0 aliphatic heterocycles. The number of halogens is 4. The normalized spacial score (nSPS) is 17.5. The second-order valence-corrected chi connectivity index (χ2v) is 5.08. The quantitative estimate of drug-likeness (QED) is 0.599. The Balaban J connectivity index is 2.02. The summed E-state index contributed by atoms with van der Waals surface area (Å²) in [5, 5.41) is 0. The molecule has 0 unspecified atom stereocenters. The van der Waals surface area contributed by atoms with Crippen molar-refractivity contribution in [2.75, 3.05) is 6.61 Å². The van der Waals surface area contributed by atoms with Crippen LogP contribution in [0.15, 0.2) is 18.2 Å². The highest BCUT2D eigenvalue weighted by Gasteiger charge is 2.26. The summed E-state index contributed by atoms with van der Waals surface area (Å²) in [5.74, 6) is -0.699. The number of benzene rings is 1. The molecule has 1 nitrogen and oxygen atoms in total. The van der Waals surface area contributed by atoms with E-state index in [1.807, 2.05) is 0 Å². The van der Waals surface area contributed by atoms with Crippen molar-refractivity contribution >= 4 is 12.4 Å². The van der Waals surface area contributed by atoms with Gasteiger partial charge in [0.15, 0.2) is 11.6 Å². The smallest absolute Gasteiger partial charge is 0.490 e. The van der Waals surface area contributed by atoms with Gasteiger partial charge in [0.2, 0.25) is 0 Å². The molecule has 1 aliphatic carbocycles. The first-order chi connectivity index (χ1) is 8.97. The lowest BCUT2D eigenvalue weighted by Crippen LogP contribution is -2.34. The fourth-order valence-corrected chi connectivity index (χ4v) is 2.40. The summed E-state index contributed by atoms with van der Waals surface area (Å²) in [4.78, 5) is 0. The molecule has 0 bridgehead atoms. The van der Waals surface area contributed by atoms with Crippen LogP contribution in [0, 0.1) is 11.7 Å². The van der Waals surface area contributed by atoms with Gasteiger partial charge in [0.05, 0.1) is 6.61 Å². The van der Waals surface area contributed by atoms with Crippen LogP contribution in [0.4, 0.5) is 17.3 Å². The SMILES string of the molecule is Fc1ccc([B-](F)(F)F)cc1OCC1CCCCC1. The van der Waals surface area contributed by atoms with Gasteiger partial charge >= 0.3 is 6.98 Å². The second-order valence-electron chi connectivity index (χ2n) is 5.08. The second kappa shape index (κ2) is 5.84. The molecule has 0 aromatic heterocycles. The fraction of sp³-hybridized carbons (Fsp3) is 0.538. The van der Waals surface area contributed by atoms with Crippen molar-refractivity contribution in [2.24, 2.45) is 5.92 Å². The van der Waals surface area contributed by atoms with Crippen molar-refractivity contribution in [3.63, 3.8) is 0 Å². The molecule has 6 heteroatoms. The van der Waals surface area contributed by atoms with Crippen LogP contribution in [0.1, 0.15) is 32.1 Å². The van der Waals surface area contributed by atoms with E-state index in [-0.39, 0.29) is 5.75 Å². The molecule has 0 spiro atoms. The topological polar surface area (TPSA) is 9.23 Å². The lowest BCUT2D eigenvalue weighted by Gasteiger charge is -2.22. The molecule has 1 aromatic carbocycles. The van der Waals surface area contributed by atoms with Crippen LogP contribution in [0.5, 0.6) is 5.75 Å². The molecular formula is C13H16BF4O-. The molecule has 1 saturated carbocycles. The van der Waals surface area contributed by atoms with Crippen molar-refractivity contribution < 1.29 is 22.1 Å². The van der Waals surface area contributed by atoms with Crippen LogP contribution in [0.25, 0.3) is 0 Å². The Bertz CT molecular complexity index is 427. The molecule has 0 radical (unpaired) electrons. The van der Waals surface area contributed by atoms with Crippen molar-refractivity contribution in [3.05, 3.63) is 24.0 Å². The molecule has 0 heterocycles. The van der Waals surface area contributed by atoms with Gasteiger partial charge in [-0.25, -0.2) is 4.39 Å². The molecule has 2 rings (SSSR count). The van der Waals surface area contributed by atoms with Gasteiger partial charge in [0.1, 0.15) is 0 Å². The highest BCUT2D eigenvalue weighted by molar-refractivity contribution is 6.73. The van der Waals surface area contributed by atoms with E-state index >= 15 is 0 Å². The zero-order valence-corrected chi connectivity index (χ0v) is 10.5. The summed E-state index contributed by atoms with van der Waals surface area (Å²) in [6, 6.07) is 2.34. The van der Waals surface area contributed by atoms with Gasteiger partial charge in [0.25, 0.3) is 0 Å². The van der Waals surface area contributed by atoms with E-state index in [0.29, 0.717) is 12.5 Å². The molecular weight excluding hydrogens is 259 g/mol. The van der Waals surface area contributed by atoms with E-state index in [2.05, 4.69) is 0 Å². The molecule has 0 N–H and O–H groups in total. The maximum atomic E-state index is 13.4. The van der Waals surface area contributed by atoms with Crippen LogP contribution in [0.2, 0.25) is 0 Å². The number of ether oxygens (including phenoxy) is 1. The van der Waals surface area contributed by atoms with Gasteiger partial charge in [-0.1, -0.05) is 25.3 Å². The Labute approximate surface area is 110 Å². The molecule has 19 heavy (non-hydrogen) atoms. The molecule has 0 saturated heterocycles. The first kappa shape index (κ1) is 14.2. The third-order valence-electron chi connectivity index (χ3n) is 3.53. The van der Waals surface area contributed by atoms with E-state index in [4.69, 9.17) is 4.74 Å². The average Bonchev–Trinajstić information content (AvgIpc) is 2.37. The van der Waals surface area contributed by atoms with Crippen LogP contribution < -0.4 is 10.2 Å². The molecule has 1 aromatic rings. The van der Waals surface area contributed by atoms with Crippen LogP contribution >= 0.6 is 0 Å². The molecule has 106 valence electrons. The molecule has 0 atom stereocenters. The van der Waals surface area contributed by atoms with E-state index < -0.39 is 18.3 Å². The predicted octanol–water partition coefficient (Wildman–Crippen LogP) is 3.84. The van der Waals surface area contributed by atoms with Crippen molar-refractivity contribution in [1.29, 1.82) is 0 Å². The molecule has 1 fully saturated rings. The lowest BCUT2D eigenvalue weighted by atomic mass is 9.80. The Kier molecular flexibility index (Phi) is 4.37. The van der Waals surface area contributed by atoms with Gasteiger partial charge < -0.3 is 17.7 Å². The van der Waals surface area contributed by atoms with E-state index in [0.717, 1.165) is 43.9 Å². The third-order valence-corrected chi connectivity index (χ3v) is 3.53. The number of hydrogen-bond acceptors (Lipinski definition) is 1. The summed E-state index contributed by atoms with van der Waals surface area (Å²) in [5.41, 5.74) is -0.819. The van der Waals surface area contributed by atoms with Crippen molar-refractivity contribution in [2.45, 2.75) is 32.1 Å². The molecule has 0 amide bonds. The van der Waals surface area contributed by atoms with E-state index in [9.17, 15) is 17.3 Å². The van der Waals surface area contributed by atoms with Gasteiger partial charge in [-0.05, 0) is 30.9 Å². The Hall–Kier alpha value is -1.20. The Morgan fingerprint density at radius 1 is 1.11 bits per heavy atom. The van der Waals surface area contributed by atoms with E-state index in [1.54, 1.807) is 0 Å². The Morgan fingerprint density at radius 3 is 2.42 bits per heavy atom. The average molecular weight is 275 g/mol. The van der Waals surface area contributed by atoms with Crippen molar-refractivity contribution in [3.8, 4) is 5.75 Å². The summed E-state index contributed by atoms with van der Waals surface area (Å²) in [6.07, 6.45) is 5.43. The zero-order chi connectivity index (χ0) is 13.9. The maximum Gasteiger partial charge on any atom is 0.509 e. The summed E-state index contributed by atoms with van der Waals surface area (Å²) < 4.78 is 56.4. The monoisotopic (exact) mass is 275 g/mol. The first-order valence-electron chi connectivity index (χ1n) is 6.59. The third kappa shape index (κ3) is 3.88. The highest BCUT2D eigenvalue weighted by Crippen LogP contribution is 2.25. The lowest BCUT2D eigenvalue weighted by molar-refractivity contribution is 0.202. The van der Waals surface area contributed by atoms with Crippen LogP contribution in [-0.4, -0.2) is 13.6 Å². The van der Waals surface area contributed by atoms with Crippen LogP contribution in [0.3, 0.4) is 0 Å². The van der Waals surface area contributed by atoms with Gasteiger partial charge in [-0.2, -0.15) is 0 Å². The summed E-state index contributed by atoms with van der Waals surface area (Å²) in [6.45, 7) is -4.82. The largest absolute Gasteiger partial charge is 0.509 e. The van der Waals surface area contributed by atoms with Gasteiger partial charge in [-0.3, -0.25) is 0 Å². The van der Waals surface area contributed by atoms with Gasteiger partial charge in [-0.15, -0.1) is 5.46 Å². The predicted molar refractivity (Wildman–Crippen MR) is 67.2 cm³/mol. The number of rotatable bonds is 4.